The van der Waals surface area contributed by atoms with Crippen LogP contribution in [0.1, 0.15) is 21.1 Å². The van der Waals surface area contributed by atoms with Crippen molar-refractivity contribution < 1.29 is 14.6 Å². The zero-order valence-corrected chi connectivity index (χ0v) is 12.8. The summed E-state index contributed by atoms with van der Waals surface area (Å²) >= 11 is 1.50. The van der Waals surface area contributed by atoms with E-state index in [2.05, 4.69) is 4.98 Å². The number of hydrogen-bond acceptors (Lipinski definition) is 4. The van der Waals surface area contributed by atoms with Crippen molar-refractivity contribution in [3.63, 3.8) is 0 Å². The predicted molar refractivity (Wildman–Crippen MR) is 83.9 cm³/mol. The van der Waals surface area contributed by atoms with Gasteiger partial charge in [0.05, 0.1) is 22.2 Å². The highest BCUT2D eigenvalue weighted by molar-refractivity contribution is 7.12. The average molecular weight is 303 g/mol. The van der Waals surface area contributed by atoms with E-state index in [1.165, 1.54) is 16.9 Å². The van der Waals surface area contributed by atoms with Crippen LogP contribution >= 0.6 is 11.3 Å². The Bertz CT molecular complexity index is 644. The monoisotopic (exact) mass is 303 g/mol. The van der Waals surface area contributed by atoms with Crippen LogP contribution in [0.15, 0.2) is 30.3 Å². The molecule has 110 valence electrons. The summed E-state index contributed by atoms with van der Waals surface area (Å²) in [5.74, 6) is -0.105. The minimum atomic E-state index is -0.952. The van der Waals surface area contributed by atoms with Crippen LogP contribution in [-0.4, -0.2) is 22.7 Å². The number of carbonyl (C=O) groups is 1. The molecule has 0 amide bonds. The van der Waals surface area contributed by atoms with Gasteiger partial charge in [-0.25, -0.2) is 9.78 Å². The van der Waals surface area contributed by atoms with E-state index in [9.17, 15) is 4.79 Å². The van der Waals surface area contributed by atoms with E-state index in [0.717, 1.165) is 27.4 Å². The van der Waals surface area contributed by atoms with E-state index in [-0.39, 0.29) is 0 Å². The summed E-state index contributed by atoms with van der Waals surface area (Å²) in [5.41, 5.74) is 2.05. The minimum Gasteiger partial charge on any atom is -0.493 e. The Balaban J connectivity index is 1.90. The molecule has 1 heterocycles. The Hall–Kier alpha value is -2.14. The number of nitrogens with zero attached hydrogens (tertiary/aromatic N) is 1. The Morgan fingerprint density at radius 1 is 1.33 bits per heavy atom. The summed E-state index contributed by atoms with van der Waals surface area (Å²) < 4.78 is 5.67. The Labute approximate surface area is 127 Å². The van der Waals surface area contributed by atoms with Gasteiger partial charge in [0.2, 0.25) is 0 Å². The Morgan fingerprint density at radius 2 is 2.05 bits per heavy atom. The third kappa shape index (κ3) is 4.72. The smallest absolute Gasteiger partial charge is 0.328 e. The molecule has 1 aromatic carbocycles. The number of aliphatic carboxylic acids is 1. The summed E-state index contributed by atoms with van der Waals surface area (Å²) in [7, 11) is 0. The van der Waals surface area contributed by atoms with Crippen LogP contribution in [-0.2, 0) is 11.2 Å². The molecule has 0 saturated carbocycles. The van der Waals surface area contributed by atoms with Crippen molar-refractivity contribution in [2.24, 2.45) is 0 Å². The second kappa shape index (κ2) is 7.04. The van der Waals surface area contributed by atoms with Gasteiger partial charge in [0.25, 0.3) is 0 Å². The van der Waals surface area contributed by atoms with Gasteiger partial charge in [-0.15, -0.1) is 11.3 Å². The van der Waals surface area contributed by atoms with E-state index in [0.29, 0.717) is 13.0 Å². The maximum Gasteiger partial charge on any atom is 0.328 e. The first-order valence-corrected chi connectivity index (χ1v) is 7.43. The maximum atomic E-state index is 10.5. The second-order valence-corrected chi connectivity index (χ2v) is 5.76. The molecule has 2 aromatic rings. The molecule has 21 heavy (non-hydrogen) atoms. The minimum absolute atomic E-state index is 0.554. The fourth-order valence-electron chi connectivity index (χ4n) is 1.76. The summed E-state index contributed by atoms with van der Waals surface area (Å²) in [6.07, 6.45) is 3.42. The molecule has 0 atom stereocenters. The SMILES string of the molecule is Cc1ccc(OCCc2nc(C)c(/C=C/C(=O)O)s2)cc1. The van der Waals surface area contributed by atoms with Crippen molar-refractivity contribution in [1.82, 2.24) is 4.98 Å². The quantitative estimate of drug-likeness (QED) is 0.830. The maximum absolute atomic E-state index is 10.5. The van der Waals surface area contributed by atoms with Gasteiger partial charge in [-0.3, -0.25) is 0 Å². The summed E-state index contributed by atoms with van der Waals surface area (Å²) in [6, 6.07) is 7.92. The van der Waals surface area contributed by atoms with Crippen molar-refractivity contribution in [3.8, 4) is 5.75 Å². The van der Waals surface area contributed by atoms with Crippen molar-refractivity contribution in [2.75, 3.05) is 6.61 Å². The number of rotatable bonds is 6. The zero-order valence-electron chi connectivity index (χ0n) is 12.0. The number of hydrogen-bond donors (Lipinski definition) is 1. The highest BCUT2D eigenvalue weighted by atomic mass is 32.1. The third-order valence-electron chi connectivity index (χ3n) is 2.86. The summed E-state index contributed by atoms with van der Waals surface area (Å²) in [4.78, 5) is 15.8. The molecule has 0 spiro atoms. The predicted octanol–water partition coefficient (Wildman–Crippen LogP) is 3.48. The number of benzene rings is 1. The van der Waals surface area contributed by atoms with E-state index < -0.39 is 5.97 Å². The zero-order chi connectivity index (χ0) is 15.2. The lowest BCUT2D eigenvalue weighted by molar-refractivity contribution is -0.131. The molecule has 0 saturated heterocycles. The van der Waals surface area contributed by atoms with Gasteiger partial charge in [0.1, 0.15) is 5.75 Å². The normalized spacial score (nSPS) is 11.0. The van der Waals surface area contributed by atoms with Gasteiger partial charge in [-0.1, -0.05) is 17.7 Å². The van der Waals surface area contributed by atoms with Gasteiger partial charge in [0.15, 0.2) is 0 Å². The number of aromatic nitrogens is 1. The van der Waals surface area contributed by atoms with Crippen LogP contribution in [0.25, 0.3) is 6.08 Å². The topological polar surface area (TPSA) is 59.4 Å². The summed E-state index contributed by atoms with van der Waals surface area (Å²) in [5, 5.41) is 9.59. The van der Waals surface area contributed by atoms with Crippen molar-refractivity contribution >= 4 is 23.4 Å². The van der Waals surface area contributed by atoms with Crippen LogP contribution in [0.3, 0.4) is 0 Å². The number of ether oxygens (including phenoxy) is 1. The molecule has 0 aliphatic heterocycles. The fraction of sp³-hybridized carbons (Fsp3) is 0.250. The van der Waals surface area contributed by atoms with Crippen molar-refractivity contribution in [2.45, 2.75) is 20.3 Å². The largest absolute Gasteiger partial charge is 0.493 e. The lowest BCUT2D eigenvalue weighted by atomic mass is 10.2. The van der Waals surface area contributed by atoms with Crippen molar-refractivity contribution in [3.05, 3.63) is 51.5 Å². The molecule has 1 aromatic heterocycles. The highest BCUT2D eigenvalue weighted by Crippen LogP contribution is 2.20. The average Bonchev–Trinajstić information content (AvgIpc) is 2.79. The first-order valence-electron chi connectivity index (χ1n) is 6.61. The number of thiazole rings is 1. The van der Waals surface area contributed by atoms with Crippen LogP contribution < -0.4 is 4.74 Å². The molecule has 0 bridgehead atoms. The first kappa shape index (κ1) is 15.3. The molecule has 0 unspecified atom stereocenters. The van der Waals surface area contributed by atoms with Crippen LogP contribution in [0.4, 0.5) is 0 Å². The van der Waals surface area contributed by atoms with Crippen molar-refractivity contribution in [1.29, 1.82) is 0 Å². The second-order valence-electron chi connectivity index (χ2n) is 4.64. The van der Waals surface area contributed by atoms with Crippen LogP contribution in [0, 0.1) is 13.8 Å². The Kier molecular flexibility index (Phi) is 5.11. The van der Waals surface area contributed by atoms with Crippen LogP contribution in [0.2, 0.25) is 0 Å². The third-order valence-corrected chi connectivity index (χ3v) is 4.04. The molecule has 0 radical (unpaired) electrons. The number of carboxylic acids is 1. The lowest BCUT2D eigenvalue weighted by Crippen LogP contribution is -2.00. The van der Waals surface area contributed by atoms with Gasteiger partial charge < -0.3 is 9.84 Å². The molecule has 5 heteroatoms. The van der Waals surface area contributed by atoms with E-state index in [4.69, 9.17) is 9.84 Å². The van der Waals surface area contributed by atoms with Gasteiger partial charge in [0, 0.05) is 12.5 Å². The molecule has 2 rings (SSSR count). The first-order chi connectivity index (χ1) is 10.0. The molecular formula is C16H17NO3S. The van der Waals surface area contributed by atoms with Gasteiger partial charge in [-0.05, 0) is 32.1 Å². The molecular weight excluding hydrogens is 286 g/mol. The van der Waals surface area contributed by atoms with E-state index >= 15 is 0 Å². The molecule has 4 nitrogen and oxygen atoms in total. The van der Waals surface area contributed by atoms with Crippen LogP contribution in [0.5, 0.6) is 5.75 Å². The van der Waals surface area contributed by atoms with Gasteiger partial charge >= 0.3 is 5.97 Å². The summed E-state index contributed by atoms with van der Waals surface area (Å²) in [6.45, 7) is 4.47. The standard InChI is InChI=1S/C16H17NO3S/c1-11-3-5-13(6-4-11)20-10-9-15-17-12(2)14(21-15)7-8-16(18)19/h3-8H,9-10H2,1-2H3,(H,18,19)/b8-7+. The molecule has 1 N–H and O–H groups in total. The van der Waals surface area contributed by atoms with E-state index in [1.54, 1.807) is 6.08 Å². The molecule has 0 aliphatic carbocycles. The van der Waals surface area contributed by atoms with E-state index in [1.807, 2.05) is 38.1 Å². The number of carboxylic acid groups (broad SMARTS) is 1. The fourth-order valence-corrected chi connectivity index (χ4v) is 2.72. The number of aryl methyl sites for hydroxylation is 2. The lowest BCUT2D eigenvalue weighted by Gasteiger charge is -2.04. The Morgan fingerprint density at radius 3 is 2.71 bits per heavy atom. The molecule has 0 fully saturated rings. The molecule has 0 aliphatic rings. The van der Waals surface area contributed by atoms with Gasteiger partial charge in [-0.2, -0.15) is 0 Å². The highest BCUT2D eigenvalue weighted by Gasteiger charge is 2.06.